The Hall–Kier alpha value is -2.20. The highest BCUT2D eigenvalue weighted by molar-refractivity contribution is 9.10. The molecular formula is C17H12BrClF4N4O. The number of nitrogens with one attached hydrogen (secondary N) is 1. The molecule has 2 aromatic heterocycles. The first-order valence-corrected chi connectivity index (χ1v) is 9.07. The van der Waals surface area contributed by atoms with E-state index in [-0.39, 0.29) is 0 Å². The van der Waals surface area contributed by atoms with Gasteiger partial charge in [0.15, 0.2) is 0 Å². The molecule has 1 amide bonds. The van der Waals surface area contributed by atoms with Crippen LogP contribution in [0.4, 0.5) is 23.2 Å². The second-order valence-electron chi connectivity index (χ2n) is 5.79. The molecule has 0 aliphatic carbocycles. The highest BCUT2D eigenvalue weighted by Gasteiger charge is 2.32. The van der Waals surface area contributed by atoms with Crippen LogP contribution < -0.4 is 5.32 Å². The molecular weight excluding hydrogens is 468 g/mol. The van der Waals surface area contributed by atoms with Crippen LogP contribution in [-0.4, -0.2) is 20.7 Å². The molecule has 1 aromatic carbocycles. The molecule has 1 N–H and O–H groups in total. The van der Waals surface area contributed by atoms with Crippen LogP contribution in [0.5, 0.6) is 0 Å². The Morgan fingerprint density at radius 1 is 1.21 bits per heavy atom. The van der Waals surface area contributed by atoms with Crippen molar-refractivity contribution in [3.8, 4) is 0 Å². The highest BCUT2D eigenvalue weighted by atomic mass is 79.9. The van der Waals surface area contributed by atoms with Gasteiger partial charge in [-0.15, -0.1) is 0 Å². The van der Waals surface area contributed by atoms with E-state index in [1.54, 1.807) is 24.3 Å². The third-order valence-corrected chi connectivity index (χ3v) is 5.12. The minimum Gasteiger partial charge on any atom is -0.322 e. The summed E-state index contributed by atoms with van der Waals surface area (Å²) in [6.45, 7) is 1.26. The Morgan fingerprint density at radius 2 is 1.93 bits per heavy atom. The van der Waals surface area contributed by atoms with Crippen LogP contribution in [0.25, 0.3) is 10.9 Å². The van der Waals surface area contributed by atoms with Crippen molar-refractivity contribution in [1.29, 1.82) is 0 Å². The van der Waals surface area contributed by atoms with Gasteiger partial charge in [-0.1, -0.05) is 33.6 Å². The topological polar surface area (TPSA) is 59.8 Å². The number of hydrogen-bond donors (Lipinski definition) is 1. The van der Waals surface area contributed by atoms with Crippen LogP contribution >= 0.6 is 27.5 Å². The van der Waals surface area contributed by atoms with Crippen molar-refractivity contribution in [3.63, 3.8) is 0 Å². The van der Waals surface area contributed by atoms with E-state index in [0.29, 0.717) is 15.9 Å². The van der Waals surface area contributed by atoms with Crippen molar-refractivity contribution >= 4 is 50.0 Å². The largest absolute Gasteiger partial charge is 0.322 e. The summed E-state index contributed by atoms with van der Waals surface area (Å²) >= 11 is 9.01. The summed E-state index contributed by atoms with van der Waals surface area (Å²) in [5.74, 6) is -0.740. The molecule has 28 heavy (non-hydrogen) atoms. The number of rotatable bonds is 5. The number of alkyl halides is 4. The number of benzene rings is 1. The summed E-state index contributed by atoms with van der Waals surface area (Å²) in [6.07, 6.45) is -4.80. The molecule has 3 rings (SSSR count). The van der Waals surface area contributed by atoms with Crippen LogP contribution in [0.15, 0.2) is 34.9 Å². The predicted octanol–water partition coefficient (Wildman–Crippen LogP) is 5.92. The fourth-order valence-electron chi connectivity index (χ4n) is 2.66. The van der Waals surface area contributed by atoms with Gasteiger partial charge >= 0.3 is 0 Å². The standard InChI is InChI=1S/C17H12BrClF4N4O/c1-7(27-14(16(22)23)11(19)13(26-27)15(20)21)17(28)25-10-5-4-9(18)8-3-2-6-24-12(8)10/h2-7,15-16H,1H3,(H,25,28). The maximum absolute atomic E-state index is 13.3. The van der Waals surface area contributed by atoms with Gasteiger partial charge in [0.05, 0.1) is 16.2 Å². The number of aromatic nitrogens is 3. The zero-order valence-corrected chi connectivity index (χ0v) is 16.5. The van der Waals surface area contributed by atoms with Crippen LogP contribution in [-0.2, 0) is 4.79 Å². The van der Waals surface area contributed by atoms with Crippen molar-refractivity contribution in [2.45, 2.75) is 25.8 Å². The number of carbonyl (C=O) groups is 1. The molecule has 0 radical (unpaired) electrons. The monoisotopic (exact) mass is 478 g/mol. The molecule has 11 heteroatoms. The van der Waals surface area contributed by atoms with E-state index >= 15 is 0 Å². The van der Waals surface area contributed by atoms with Crippen LogP contribution in [0.1, 0.15) is 37.2 Å². The molecule has 1 atom stereocenters. The molecule has 1 unspecified atom stereocenters. The average Bonchev–Trinajstić information content (AvgIpc) is 3.01. The van der Waals surface area contributed by atoms with Gasteiger partial charge in [0.25, 0.3) is 12.9 Å². The minimum absolute atomic E-state index is 0.335. The lowest BCUT2D eigenvalue weighted by Gasteiger charge is -2.16. The van der Waals surface area contributed by atoms with Crippen molar-refractivity contribution in [2.75, 3.05) is 5.32 Å². The van der Waals surface area contributed by atoms with Crippen molar-refractivity contribution in [2.24, 2.45) is 0 Å². The van der Waals surface area contributed by atoms with E-state index in [2.05, 4.69) is 31.3 Å². The van der Waals surface area contributed by atoms with E-state index < -0.39 is 41.2 Å². The Bertz CT molecular complexity index is 1040. The molecule has 5 nitrogen and oxygen atoms in total. The number of fused-ring (bicyclic) bond motifs is 1. The number of pyridine rings is 1. The first kappa shape index (κ1) is 20.5. The first-order valence-electron chi connectivity index (χ1n) is 7.90. The zero-order valence-electron chi connectivity index (χ0n) is 14.1. The van der Waals surface area contributed by atoms with Gasteiger partial charge in [-0.25, -0.2) is 22.2 Å². The van der Waals surface area contributed by atoms with Gasteiger partial charge in [0.1, 0.15) is 17.4 Å². The summed E-state index contributed by atoms with van der Waals surface area (Å²) in [6, 6.07) is 5.44. The van der Waals surface area contributed by atoms with E-state index in [1.165, 1.54) is 13.1 Å². The summed E-state index contributed by atoms with van der Waals surface area (Å²) in [5.41, 5.74) is -1.12. The molecule has 148 valence electrons. The second-order valence-corrected chi connectivity index (χ2v) is 7.02. The fourth-order valence-corrected chi connectivity index (χ4v) is 3.40. The Morgan fingerprint density at radius 3 is 2.57 bits per heavy atom. The fraction of sp³-hybridized carbons (Fsp3) is 0.235. The molecule has 3 aromatic rings. The SMILES string of the molecule is CC(C(=O)Nc1ccc(Br)c2cccnc12)n1nc(C(F)F)c(Cl)c1C(F)F. The lowest BCUT2D eigenvalue weighted by molar-refractivity contribution is -0.119. The molecule has 0 aliphatic rings. The van der Waals surface area contributed by atoms with E-state index in [9.17, 15) is 22.4 Å². The maximum Gasteiger partial charge on any atom is 0.283 e. The smallest absolute Gasteiger partial charge is 0.283 e. The van der Waals surface area contributed by atoms with Gasteiger partial charge in [-0.05, 0) is 25.1 Å². The van der Waals surface area contributed by atoms with E-state index in [0.717, 1.165) is 9.86 Å². The number of hydrogen-bond acceptors (Lipinski definition) is 3. The zero-order chi connectivity index (χ0) is 20.6. The Kier molecular flexibility index (Phi) is 5.90. The van der Waals surface area contributed by atoms with E-state index in [4.69, 9.17) is 11.6 Å². The number of amides is 1. The molecule has 0 saturated carbocycles. The molecule has 0 aliphatic heterocycles. The predicted molar refractivity (Wildman–Crippen MR) is 99.9 cm³/mol. The lowest BCUT2D eigenvalue weighted by Crippen LogP contribution is -2.26. The summed E-state index contributed by atoms with van der Waals surface area (Å²) in [5, 5.41) is 5.89. The van der Waals surface area contributed by atoms with Gasteiger partial charge in [0, 0.05) is 16.1 Å². The molecule has 2 heterocycles. The van der Waals surface area contributed by atoms with Crippen LogP contribution in [0, 0.1) is 0 Å². The quantitative estimate of drug-likeness (QED) is 0.462. The normalized spacial score (nSPS) is 12.8. The Balaban J connectivity index is 1.97. The first-order chi connectivity index (χ1) is 13.2. The highest BCUT2D eigenvalue weighted by Crippen LogP contribution is 2.36. The van der Waals surface area contributed by atoms with Gasteiger partial charge in [-0.2, -0.15) is 5.10 Å². The van der Waals surface area contributed by atoms with E-state index in [1.807, 2.05) is 0 Å². The number of carbonyl (C=O) groups excluding carboxylic acids is 1. The Labute approximate surface area is 169 Å². The molecule has 0 bridgehead atoms. The van der Waals surface area contributed by atoms with Crippen molar-refractivity contribution in [1.82, 2.24) is 14.8 Å². The maximum atomic E-state index is 13.3. The molecule has 0 fully saturated rings. The second kappa shape index (κ2) is 8.04. The van der Waals surface area contributed by atoms with Gasteiger partial charge in [0.2, 0.25) is 5.91 Å². The minimum atomic E-state index is -3.18. The number of anilines is 1. The van der Waals surface area contributed by atoms with Crippen molar-refractivity contribution < 1.29 is 22.4 Å². The summed E-state index contributed by atoms with van der Waals surface area (Å²) < 4.78 is 53.9. The van der Waals surface area contributed by atoms with Crippen molar-refractivity contribution in [3.05, 3.63) is 51.3 Å². The number of nitrogens with zero attached hydrogens (tertiary/aromatic N) is 3. The van der Waals surface area contributed by atoms with Crippen LogP contribution in [0.3, 0.4) is 0 Å². The third-order valence-electron chi connectivity index (χ3n) is 4.05. The lowest BCUT2D eigenvalue weighted by atomic mass is 10.2. The van der Waals surface area contributed by atoms with Gasteiger partial charge in [-0.3, -0.25) is 9.78 Å². The molecule has 0 spiro atoms. The summed E-state index contributed by atoms with van der Waals surface area (Å²) in [7, 11) is 0. The number of halogens is 6. The average molecular weight is 480 g/mol. The summed E-state index contributed by atoms with van der Waals surface area (Å²) in [4.78, 5) is 16.8. The third kappa shape index (κ3) is 3.70. The van der Waals surface area contributed by atoms with Gasteiger partial charge < -0.3 is 5.32 Å². The molecule has 0 saturated heterocycles. The van der Waals surface area contributed by atoms with Crippen LogP contribution in [0.2, 0.25) is 5.02 Å².